The SMILES string of the molecule is COC(=O)C(NC(=O)c1cc2c(s1)CCCC2)c1cccc(O)c1. The van der Waals surface area contributed by atoms with Crippen molar-refractivity contribution in [1.29, 1.82) is 0 Å². The van der Waals surface area contributed by atoms with E-state index in [1.165, 1.54) is 41.0 Å². The first-order valence-electron chi connectivity index (χ1n) is 7.87. The van der Waals surface area contributed by atoms with Gasteiger partial charge in [0.05, 0.1) is 12.0 Å². The van der Waals surface area contributed by atoms with E-state index in [2.05, 4.69) is 5.32 Å². The molecule has 1 aromatic heterocycles. The Balaban J connectivity index is 1.83. The summed E-state index contributed by atoms with van der Waals surface area (Å²) in [5.74, 6) is -0.842. The third kappa shape index (κ3) is 3.43. The molecule has 1 atom stereocenters. The fourth-order valence-electron chi connectivity index (χ4n) is 2.91. The minimum Gasteiger partial charge on any atom is -0.508 e. The third-order valence-corrected chi connectivity index (χ3v) is 5.37. The minimum atomic E-state index is -0.950. The number of benzene rings is 1. The standard InChI is InChI=1S/C18H19NO4S/c1-23-18(22)16(12-6-4-7-13(20)9-12)19-17(21)15-10-11-5-2-3-8-14(11)24-15/h4,6-7,9-10,16,20H,2-3,5,8H2,1H3,(H,19,21). The van der Waals surface area contributed by atoms with Crippen molar-refractivity contribution in [1.82, 2.24) is 5.32 Å². The Labute approximate surface area is 144 Å². The molecule has 2 N–H and O–H groups in total. The molecule has 0 spiro atoms. The van der Waals surface area contributed by atoms with E-state index < -0.39 is 12.0 Å². The number of rotatable bonds is 4. The molecule has 126 valence electrons. The van der Waals surface area contributed by atoms with Gasteiger partial charge >= 0.3 is 5.97 Å². The first kappa shape index (κ1) is 16.5. The summed E-state index contributed by atoms with van der Waals surface area (Å²) in [5.41, 5.74) is 1.72. The van der Waals surface area contributed by atoms with Crippen molar-refractivity contribution in [2.75, 3.05) is 7.11 Å². The van der Waals surface area contributed by atoms with Gasteiger partial charge in [0.1, 0.15) is 5.75 Å². The Morgan fingerprint density at radius 1 is 1.25 bits per heavy atom. The van der Waals surface area contributed by atoms with Gasteiger partial charge in [0, 0.05) is 4.88 Å². The van der Waals surface area contributed by atoms with Crippen molar-refractivity contribution in [2.45, 2.75) is 31.7 Å². The molecule has 1 amide bonds. The van der Waals surface area contributed by atoms with Gasteiger partial charge in [-0.15, -0.1) is 11.3 Å². The van der Waals surface area contributed by atoms with Gasteiger partial charge in [0.25, 0.3) is 5.91 Å². The molecule has 0 radical (unpaired) electrons. The second kappa shape index (κ2) is 7.05. The number of ether oxygens (including phenoxy) is 1. The van der Waals surface area contributed by atoms with Crippen LogP contribution in [0.3, 0.4) is 0 Å². The molecule has 0 bridgehead atoms. The highest BCUT2D eigenvalue weighted by Crippen LogP contribution is 2.30. The highest BCUT2D eigenvalue weighted by Gasteiger charge is 2.26. The summed E-state index contributed by atoms with van der Waals surface area (Å²) in [4.78, 5) is 26.5. The predicted octanol–water partition coefficient (Wildman–Crippen LogP) is 2.98. The molecule has 2 aromatic rings. The number of nitrogens with one attached hydrogen (secondary N) is 1. The summed E-state index contributed by atoms with van der Waals surface area (Å²) < 4.78 is 4.79. The lowest BCUT2D eigenvalue weighted by Crippen LogP contribution is -2.34. The summed E-state index contributed by atoms with van der Waals surface area (Å²) in [7, 11) is 1.27. The van der Waals surface area contributed by atoms with Crippen LogP contribution in [0.2, 0.25) is 0 Å². The van der Waals surface area contributed by atoms with Crippen LogP contribution >= 0.6 is 11.3 Å². The van der Waals surface area contributed by atoms with Crippen molar-refractivity contribution in [3.05, 3.63) is 51.2 Å². The van der Waals surface area contributed by atoms with Crippen LogP contribution in [-0.2, 0) is 22.4 Å². The number of carbonyl (C=O) groups excluding carboxylic acids is 2. The molecule has 0 aliphatic heterocycles. The summed E-state index contributed by atoms with van der Waals surface area (Å²) in [6.45, 7) is 0. The smallest absolute Gasteiger partial charge is 0.333 e. The van der Waals surface area contributed by atoms with Crippen LogP contribution in [-0.4, -0.2) is 24.1 Å². The molecule has 6 heteroatoms. The van der Waals surface area contributed by atoms with Crippen LogP contribution in [0.4, 0.5) is 0 Å². The van der Waals surface area contributed by atoms with Gasteiger partial charge in [0.15, 0.2) is 6.04 Å². The van der Waals surface area contributed by atoms with E-state index in [0.717, 1.165) is 25.7 Å². The largest absolute Gasteiger partial charge is 0.508 e. The average molecular weight is 345 g/mol. The molecule has 3 rings (SSSR count). The number of amides is 1. The zero-order valence-corrected chi connectivity index (χ0v) is 14.2. The van der Waals surface area contributed by atoms with Gasteiger partial charge in [0.2, 0.25) is 0 Å². The second-order valence-corrected chi connectivity index (χ2v) is 6.93. The Hall–Kier alpha value is -2.34. The van der Waals surface area contributed by atoms with Gasteiger partial charge in [-0.3, -0.25) is 4.79 Å². The lowest BCUT2D eigenvalue weighted by molar-refractivity contribution is -0.143. The van der Waals surface area contributed by atoms with Crippen LogP contribution in [0.5, 0.6) is 5.75 Å². The van der Waals surface area contributed by atoms with Gasteiger partial charge < -0.3 is 15.2 Å². The normalized spacial score (nSPS) is 14.5. The summed E-state index contributed by atoms with van der Waals surface area (Å²) in [6.07, 6.45) is 4.33. The zero-order chi connectivity index (χ0) is 17.1. The molecule has 1 heterocycles. The molecule has 1 aromatic carbocycles. The van der Waals surface area contributed by atoms with Crippen molar-refractivity contribution >= 4 is 23.2 Å². The molecule has 0 saturated heterocycles. The number of fused-ring (bicyclic) bond motifs is 1. The van der Waals surface area contributed by atoms with Crippen LogP contribution in [0.15, 0.2) is 30.3 Å². The van der Waals surface area contributed by atoms with E-state index in [1.54, 1.807) is 12.1 Å². The Morgan fingerprint density at radius 2 is 2.04 bits per heavy atom. The fraction of sp³-hybridized carbons (Fsp3) is 0.333. The quantitative estimate of drug-likeness (QED) is 0.836. The highest BCUT2D eigenvalue weighted by molar-refractivity contribution is 7.14. The number of phenols is 1. The molecule has 24 heavy (non-hydrogen) atoms. The number of esters is 1. The lowest BCUT2D eigenvalue weighted by Gasteiger charge is -2.16. The summed E-state index contributed by atoms with van der Waals surface area (Å²) in [5, 5.41) is 12.3. The first-order chi connectivity index (χ1) is 11.6. The highest BCUT2D eigenvalue weighted by atomic mass is 32.1. The van der Waals surface area contributed by atoms with Gasteiger partial charge in [-0.2, -0.15) is 0 Å². The summed E-state index contributed by atoms with van der Waals surface area (Å²) in [6, 6.07) is 7.21. The Morgan fingerprint density at radius 3 is 2.75 bits per heavy atom. The fourth-order valence-corrected chi connectivity index (χ4v) is 4.06. The van der Waals surface area contributed by atoms with Crippen LogP contribution in [0.25, 0.3) is 0 Å². The number of aryl methyl sites for hydroxylation is 2. The molecule has 5 nitrogen and oxygen atoms in total. The van der Waals surface area contributed by atoms with Crippen LogP contribution in [0.1, 0.15) is 44.6 Å². The first-order valence-corrected chi connectivity index (χ1v) is 8.69. The molecule has 1 aliphatic carbocycles. The van der Waals surface area contributed by atoms with E-state index in [1.807, 2.05) is 6.07 Å². The van der Waals surface area contributed by atoms with Gasteiger partial charge in [-0.25, -0.2) is 4.79 Å². The number of hydrogen-bond acceptors (Lipinski definition) is 5. The average Bonchev–Trinajstić information content (AvgIpc) is 3.03. The van der Waals surface area contributed by atoms with E-state index in [-0.39, 0.29) is 11.7 Å². The van der Waals surface area contributed by atoms with Gasteiger partial charge in [-0.05, 0) is 55.0 Å². The molecule has 0 saturated carbocycles. The molecular formula is C18H19NO4S. The van der Waals surface area contributed by atoms with Crippen molar-refractivity contribution < 1.29 is 19.4 Å². The topological polar surface area (TPSA) is 75.6 Å². The van der Waals surface area contributed by atoms with Crippen LogP contribution in [0, 0.1) is 0 Å². The van der Waals surface area contributed by atoms with E-state index >= 15 is 0 Å². The Kier molecular flexibility index (Phi) is 4.85. The number of carbonyl (C=O) groups is 2. The maximum atomic E-state index is 12.6. The number of hydrogen-bond donors (Lipinski definition) is 2. The second-order valence-electron chi connectivity index (χ2n) is 5.79. The zero-order valence-electron chi connectivity index (χ0n) is 13.4. The maximum Gasteiger partial charge on any atom is 0.333 e. The maximum absolute atomic E-state index is 12.6. The minimum absolute atomic E-state index is 0.0299. The van der Waals surface area contributed by atoms with E-state index in [9.17, 15) is 14.7 Å². The predicted molar refractivity (Wildman–Crippen MR) is 91.3 cm³/mol. The van der Waals surface area contributed by atoms with Crippen molar-refractivity contribution in [3.63, 3.8) is 0 Å². The molecular weight excluding hydrogens is 326 g/mol. The monoisotopic (exact) mass is 345 g/mol. The Bertz CT molecular complexity index is 745. The summed E-state index contributed by atoms with van der Waals surface area (Å²) >= 11 is 1.49. The number of aromatic hydroxyl groups is 1. The third-order valence-electron chi connectivity index (χ3n) is 4.14. The number of methoxy groups -OCH3 is 1. The molecule has 1 unspecified atom stereocenters. The molecule has 1 aliphatic rings. The lowest BCUT2D eigenvalue weighted by atomic mass is 9.99. The number of thiophene rings is 1. The van der Waals surface area contributed by atoms with Crippen LogP contribution < -0.4 is 5.32 Å². The van der Waals surface area contributed by atoms with E-state index in [4.69, 9.17) is 4.74 Å². The number of phenolic OH excluding ortho intramolecular Hbond substituents is 1. The van der Waals surface area contributed by atoms with Crippen molar-refractivity contribution in [2.24, 2.45) is 0 Å². The van der Waals surface area contributed by atoms with Gasteiger partial charge in [-0.1, -0.05) is 12.1 Å². The molecule has 0 fully saturated rings. The van der Waals surface area contributed by atoms with E-state index in [0.29, 0.717) is 10.4 Å². The van der Waals surface area contributed by atoms with Crippen molar-refractivity contribution in [3.8, 4) is 5.75 Å².